The van der Waals surface area contributed by atoms with E-state index in [9.17, 15) is 9.90 Å². The molecule has 1 rings (SSSR count). The summed E-state index contributed by atoms with van der Waals surface area (Å²) in [5.74, 6) is -0.924. The summed E-state index contributed by atoms with van der Waals surface area (Å²) in [6.45, 7) is 6.68. The monoisotopic (exact) mass is 158 g/mol. The van der Waals surface area contributed by atoms with Crippen LogP contribution in [0.4, 0.5) is 0 Å². The van der Waals surface area contributed by atoms with E-state index in [1.807, 2.05) is 0 Å². The van der Waals surface area contributed by atoms with Gasteiger partial charge in [0.05, 0.1) is 5.60 Å². The van der Waals surface area contributed by atoms with Crippen LogP contribution in [0.15, 0.2) is 0 Å². The lowest BCUT2D eigenvalue weighted by molar-refractivity contribution is -0.145. The molecule has 2 unspecified atom stereocenters. The molecule has 11 heavy (non-hydrogen) atoms. The molecule has 0 aliphatic heterocycles. The van der Waals surface area contributed by atoms with Crippen molar-refractivity contribution >= 4 is 5.97 Å². The minimum atomic E-state index is -1.08. The highest BCUT2D eigenvalue weighted by molar-refractivity contribution is 5.82. The molecular formula is C8H14O3. The van der Waals surface area contributed by atoms with Crippen molar-refractivity contribution in [1.82, 2.24) is 0 Å². The van der Waals surface area contributed by atoms with Gasteiger partial charge in [0.2, 0.25) is 0 Å². The van der Waals surface area contributed by atoms with Crippen molar-refractivity contribution in [2.45, 2.75) is 33.3 Å². The third-order valence-electron chi connectivity index (χ3n) is 3.81. The van der Waals surface area contributed by atoms with Gasteiger partial charge in [-0.3, -0.25) is 4.79 Å². The van der Waals surface area contributed by atoms with Gasteiger partial charge in [-0.25, -0.2) is 0 Å². The molecule has 2 N–H and O–H groups in total. The van der Waals surface area contributed by atoms with Crippen molar-refractivity contribution in [3.8, 4) is 0 Å². The Labute approximate surface area is 66.0 Å². The van der Waals surface area contributed by atoms with Gasteiger partial charge in [0.1, 0.15) is 5.41 Å². The Morgan fingerprint density at radius 1 is 1.18 bits per heavy atom. The fourth-order valence-corrected chi connectivity index (χ4v) is 1.79. The van der Waals surface area contributed by atoms with E-state index in [0.717, 1.165) is 0 Å². The van der Waals surface area contributed by atoms with E-state index in [1.165, 1.54) is 0 Å². The van der Waals surface area contributed by atoms with Crippen molar-refractivity contribution in [3.63, 3.8) is 0 Å². The molecule has 1 fully saturated rings. The quantitative estimate of drug-likeness (QED) is 0.595. The molecule has 0 spiro atoms. The van der Waals surface area contributed by atoms with E-state index >= 15 is 0 Å². The number of rotatable bonds is 1. The van der Waals surface area contributed by atoms with E-state index in [2.05, 4.69) is 0 Å². The minimum Gasteiger partial charge on any atom is -0.481 e. The summed E-state index contributed by atoms with van der Waals surface area (Å²) in [7, 11) is 0. The SMILES string of the molecule is CC1(C)C(C)(O)C1(C)C(=O)O. The second-order valence-corrected chi connectivity index (χ2v) is 4.13. The molecule has 3 heteroatoms. The van der Waals surface area contributed by atoms with Gasteiger partial charge in [-0.15, -0.1) is 0 Å². The molecule has 0 bridgehead atoms. The fourth-order valence-electron chi connectivity index (χ4n) is 1.79. The van der Waals surface area contributed by atoms with Crippen LogP contribution in [0, 0.1) is 10.8 Å². The number of hydrogen-bond acceptors (Lipinski definition) is 2. The van der Waals surface area contributed by atoms with Gasteiger partial charge < -0.3 is 10.2 Å². The van der Waals surface area contributed by atoms with E-state index in [1.54, 1.807) is 27.7 Å². The molecule has 64 valence electrons. The standard InChI is InChI=1S/C8H14O3/c1-6(2)7(3,5(9)10)8(6,4)11/h11H,1-4H3,(H,9,10). The third kappa shape index (κ3) is 0.562. The molecule has 1 saturated carbocycles. The number of carboxylic acids is 1. The number of carbonyl (C=O) groups is 1. The van der Waals surface area contributed by atoms with Gasteiger partial charge in [0.15, 0.2) is 0 Å². The molecule has 0 radical (unpaired) electrons. The fraction of sp³-hybridized carbons (Fsp3) is 0.875. The van der Waals surface area contributed by atoms with Crippen LogP contribution >= 0.6 is 0 Å². The first-order chi connectivity index (χ1) is 4.69. The van der Waals surface area contributed by atoms with Crippen molar-refractivity contribution in [2.75, 3.05) is 0 Å². The first kappa shape index (κ1) is 8.53. The summed E-state index contributed by atoms with van der Waals surface area (Å²) < 4.78 is 0. The maximum atomic E-state index is 10.8. The average molecular weight is 158 g/mol. The highest BCUT2D eigenvalue weighted by Gasteiger charge is 2.81. The highest BCUT2D eigenvalue weighted by Crippen LogP contribution is 2.71. The summed E-state index contributed by atoms with van der Waals surface area (Å²) in [6.07, 6.45) is 0. The van der Waals surface area contributed by atoms with E-state index in [0.29, 0.717) is 0 Å². The average Bonchev–Trinajstić information content (AvgIpc) is 2.11. The van der Waals surface area contributed by atoms with Gasteiger partial charge in [-0.2, -0.15) is 0 Å². The van der Waals surface area contributed by atoms with Gasteiger partial charge >= 0.3 is 5.97 Å². The molecule has 0 amide bonds. The summed E-state index contributed by atoms with van der Waals surface area (Å²) in [4.78, 5) is 10.8. The predicted octanol–water partition coefficient (Wildman–Crippen LogP) is 0.868. The zero-order chi connectivity index (χ0) is 9.08. The number of aliphatic hydroxyl groups is 1. The van der Waals surface area contributed by atoms with Crippen LogP contribution in [0.2, 0.25) is 0 Å². The van der Waals surface area contributed by atoms with Gasteiger partial charge in [-0.05, 0) is 13.8 Å². The Morgan fingerprint density at radius 2 is 1.45 bits per heavy atom. The zero-order valence-electron chi connectivity index (χ0n) is 7.30. The highest BCUT2D eigenvalue weighted by atomic mass is 16.4. The zero-order valence-corrected chi connectivity index (χ0v) is 7.30. The largest absolute Gasteiger partial charge is 0.481 e. The van der Waals surface area contributed by atoms with Gasteiger partial charge in [0, 0.05) is 5.41 Å². The molecule has 1 aliphatic rings. The van der Waals surface area contributed by atoms with Crippen LogP contribution in [0.25, 0.3) is 0 Å². The van der Waals surface area contributed by atoms with Crippen molar-refractivity contribution in [3.05, 3.63) is 0 Å². The molecule has 0 saturated heterocycles. The Hall–Kier alpha value is -0.570. The maximum Gasteiger partial charge on any atom is 0.312 e. The lowest BCUT2D eigenvalue weighted by atomic mass is 9.99. The topological polar surface area (TPSA) is 57.5 Å². The van der Waals surface area contributed by atoms with Crippen LogP contribution in [0.3, 0.4) is 0 Å². The van der Waals surface area contributed by atoms with Crippen LogP contribution in [-0.4, -0.2) is 21.8 Å². The Bertz CT molecular complexity index is 201. The van der Waals surface area contributed by atoms with Crippen LogP contribution in [0.5, 0.6) is 0 Å². The second kappa shape index (κ2) is 1.61. The molecule has 1 aliphatic carbocycles. The van der Waals surface area contributed by atoms with Crippen LogP contribution in [-0.2, 0) is 4.79 Å². The number of hydrogen-bond donors (Lipinski definition) is 2. The number of aliphatic carboxylic acids is 1. The third-order valence-corrected chi connectivity index (χ3v) is 3.81. The molecule has 0 aromatic carbocycles. The maximum absolute atomic E-state index is 10.8. The molecule has 2 atom stereocenters. The van der Waals surface area contributed by atoms with Gasteiger partial charge in [0.25, 0.3) is 0 Å². The first-order valence-electron chi connectivity index (χ1n) is 3.65. The van der Waals surface area contributed by atoms with E-state index in [-0.39, 0.29) is 0 Å². The molecular weight excluding hydrogens is 144 g/mol. The molecule has 0 heterocycles. The Balaban J connectivity index is 3.06. The second-order valence-electron chi connectivity index (χ2n) is 4.13. The Kier molecular flexibility index (Phi) is 1.24. The van der Waals surface area contributed by atoms with Crippen LogP contribution in [0.1, 0.15) is 27.7 Å². The summed E-state index contributed by atoms with van der Waals surface area (Å²) >= 11 is 0. The molecule has 0 aromatic heterocycles. The Morgan fingerprint density at radius 3 is 1.45 bits per heavy atom. The van der Waals surface area contributed by atoms with Crippen molar-refractivity contribution in [1.29, 1.82) is 0 Å². The summed E-state index contributed by atoms with van der Waals surface area (Å²) in [5.41, 5.74) is -2.59. The lowest BCUT2D eigenvalue weighted by Gasteiger charge is -2.05. The van der Waals surface area contributed by atoms with E-state index < -0.39 is 22.4 Å². The van der Waals surface area contributed by atoms with Crippen LogP contribution < -0.4 is 0 Å². The molecule has 0 aromatic rings. The van der Waals surface area contributed by atoms with E-state index in [4.69, 9.17) is 5.11 Å². The predicted molar refractivity (Wildman–Crippen MR) is 40.1 cm³/mol. The normalized spacial score (nSPS) is 47.0. The van der Waals surface area contributed by atoms with Crippen molar-refractivity contribution in [2.24, 2.45) is 10.8 Å². The summed E-state index contributed by atoms with van der Waals surface area (Å²) in [5, 5.41) is 18.5. The smallest absolute Gasteiger partial charge is 0.312 e. The lowest BCUT2D eigenvalue weighted by Crippen LogP contribution is -2.22. The summed E-state index contributed by atoms with van der Waals surface area (Å²) in [6, 6.07) is 0. The minimum absolute atomic E-state index is 0.522. The first-order valence-corrected chi connectivity index (χ1v) is 3.65. The molecule has 3 nitrogen and oxygen atoms in total. The number of carboxylic acid groups (broad SMARTS) is 1. The van der Waals surface area contributed by atoms with Gasteiger partial charge in [-0.1, -0.05) is 13.8 Å². The van der Waals surface area contributed by atoms with Crippen molar-refractivity contribution < 1.29 is 15.0 Å².